The van der Waals surface area contributed by atoms with Gasteiger partial charge in [0, 0.05) is 45.1 Å². The minimum Gasteiger partial charge on any atom is -0.338 e. The van der Waals surface area contributed by atoms with E-state index >= 15 is 0 Å². The first kappa shape index (κ1) is 17.4. The van der Waals surface area contributed by atoms with Crippen molar-refractivity contribution in [1.82, 2.24) is 24.4 Å². The van der Waals surface area contributed by atoms with Crippen LogP contribution >= 0.6 is 0 Å². The van der Waals surface area contributed by atoms with Gasteiger partial charge in [0.1, 0.15) is 0 Å². The van der Waals surface area contributed by atoms with Crippen LogP contribution in [0.15, 0.2) is 52.3 Å². The van der Waals surface area contributed by atoms with Crippen molar-refractivity contribution < 1.29 is 0 Å². The van der Waals surface area contributed by atoms with E-state index in [0.717, 1.165) is 45.1 Å². The number of hydrogen-bond donors (Lipinski definition) is 1. The summed E-state index contributed by atoms with van der Waals surface area (Å²) in [7, 11) is 0. The summed E-state index contributed by atoms with van der Waals surface area (Å²) in [6.45, 7) is 4.85. The van der Waals surface area contributed by atoms with Crippen LogP contribution in [-0.2, 0) is 6.54 Å². The van der Waals surface area contributed by atoms with E-state index in [1.54, 1.807) is 24.5 Å². The molecule has 1 N–H and O–H groups in total. The number of para-hydroxylation sites is 1. The second-order valence-electron chi connectivity index (χ2n) is 6.66. The fourth-order valence-electron chi connectivity index (χ4n) is 3.48. The minimum absolute atomic E-state index is 0.222. The molecule has 2 aromatic heterocycles. The molecule has 3 heterocycles. The van der Waals surface area contributed by atoms with Crippen LogP contribution in [-0.4, -0.2) is 57.1 Å². The Hall–Kier alpha value is -3.00. The van der Waals surface area contributed by atoms with E-state index in [0.29, 0.717) is 17.4 Å². The zero-order chi connectivity index (χ0) is 18.6. The van der Waals surface area contributed by atoms with Crippen molar-refractivity contribution in [2.24, 2.45) is 0 Å². The van der Waals surface area contributed by atoms with Crippen LogP contribution in [0, 0.1) is 0 Å². The third-order valence-corrected chi connectivity index (χ3v) is 4.95. The van der Waals surface area contributed by atoms with Gasteiger partial charge in [-0.25, -0.2) is 14.8 Å². The lowest BCUT2D eigenvalue weighted by atomic mass is 10.2. The average molecular weight is 366 g/mol. The molecular formula is C19H22N6O2. The number of nitrogens with one attached hydrogen (secondary N) is 1. The maximum atomic E-state index is 12.5. The average Bonchev–Trinajstić information content (AvgIpc) is 2.71. The summed E-state index contributed by atoms with van der Waals surface area (Å²) in [5.41, 5.74) is 0.0214. The summed E-state index contributed by atoms with van der Waals surface area (Å²) >= 11 is 0. The van der Waals surface area contributed by atoms with Crippen LogP contribution in [0.3, 0.4) is 0 Å². The predicted octanol–water partition coefficient (Wildman–Crippen LogP) is 0.692. The first-order valence-corrected chi connectivity index (χ1v) is 9.18. The van der Waals surface area contributed by atoms with Crippen molar-refractivity contribution in [2.45, 2.75) is 13.0 Å². The Bertz CT molecular complexity index is 1020. The molecule has 1 fully saturated rings. The van der Waals surface area contributed by atoms with Crippen molar-refractivity contribution in [3.8, 4) is 0 Å². The van der Waals surface area contributed by atoms with Crippen molar-refractivity contribution >= 4 is 16.9 Å². The lowest BCUT2D eigenvalue weighted by Crippen LogP contribution is -2.47. The van der Waals surface area contributed by atoms with E-state index in [9.17, 15) is 9.59 Å². The zero-order valence-corrected chi connectivity index (χ0v) is 15.0. The molecule has 0 spiro atoms. The summed E-state index contributed by atoms with van der Waals surface area (Å²) in [6, 6.07) is 8.92. The Kier molecular flexibility index (Phi) is 4.97. The van der Waals surface area contributed by atoms with Crippen molar-refractivity contribution in [3.05, 3.63) is 63.6 Å². The van der Waals surface area contributed by atoms with E-state index in [2.05, 4.69) is 24.8 Å². The Balaban J connectivity index is 1.34. The summed E-state index contributed by atoms with van der Waals surface area (Å²) in [4.78, 5) is 40.6. The molecule has 0 aliphatic carbocycles. The highest BCUT2D eigenvalue weighted by molar-refractivity contribution is 5.76. The standard InChI is InChI=1S/C19H22N6O2/c26-17-15-5-1-2-6-16(15)22-19(27)25(17)10-4-9-23-11-13-24(14-12-23)18-20-7-3-8-21-18/h1-3,5-8H,4,9-14H2,(H,22,27). The maximum absolute atomic E-state index is 12.5. The van der Waals surface area contributed by atoms with Gasteiger partial charge in [-0.15, -0.1) is 0 Å². The molecule has 0 unspecified atom stereocenters. The molecule has 1 aromatic carbocycles. The zero-order valence-electron chi connectivity index (χ0n) is 15.0. The molecule has 0 atom stereocenters. The second kappa shape index (κ2) is 7.71. The van der Waals surface area contributed by atoms with E-state index < -0.39 is 0 Å². The lowest BCUT2D eigenvalue weighted by molar-refractivity contribution is 0.248. The van der Waals surface area contributed by atoms with Crippen LogP contribution in [0.5, 0.6) is 0 Å². The first-order chi connectivity index (χ1) is 13.2. The van der Waals surface area contributed by atoms with Crippen LogP contribution in [0.25, 0.3) is 10.9 Å². The topological polar surface area (TPSA) is 87.1 Å². The van der Waals surface area contributed by atoms with Gasteiger partial charge in [0.25, 0.3) is 5.56 Å². The van der Waals surface area contributed by atoms with Gasteiger partial charge in [0.05, 0.1) is 10.9 Å². The first-order valence-electron chi connectivity index (χ1n) is 9.18. The van der Waals surface area contributed by atoms with E-state index in [4.69, 9.17) is 0 Å². The quantitative estimate of drug-likeness (QED) is 0.715. The summed E-state index contributed by atoms with van der Waals surface area (Å²) < 4.78 is 1.30. The molecule has 27 heavy (non-hydrogen) atoms. The number of benzene rings is 1. The minimum atomic E-state index is -0.343. The molecular weight excluding hydrogens is 344 g/mol. The second-order valence-corrected chi connectivity index (χ2v) is 6.66. The summed E-state index contributed by atoms with van der Waals surface area (Å²) in [6.07, 6.45) is 4.27. The van der Waals surface area contributed by atoms with E-state index in [1.165, 1.54) is 4.57 Å². The largest absolute Gasteiger partial charge is 0.338 e. The number of anilines is 1. The van der Waals surface area contributed by atoms with Crippen LogP contribution in [0.1, 0.15) is 6.42 Å². The van der Waals surface area contributed by atoms with Crippen LogP contribution < -0.4 is 16.1 Å². The highest BCUT2D eigenvalue weighted by atomic mass is 16.2. The van der Waals surface area contributed by atoms with Crippen molar-refractivity contribution in [1.29, 1.82) is 0 Å². The molecule has 140 valence electrons. The molecule has 1 aliphatic rings. The Morgan fingerprint density at radius 1 is 0.926 bits per heavy atom. The molecule has 3 aromatic rings. The van der Waals surface area contributed by atoms with Gasteiger partial charge >= 0.3 is 5.69 Å². The van der Waals surface area contributed by atoms with Crippen LogP contribution in [0.2, 0.25) is 0 Å². The molecule has 1 saturated heterocycles. The fourth-order valence-corrected chi connectivity index (χ4v) is 3.48. The Labute approximate surface area is 156 Å². The molecule has 8 nitrogen and oxygen atoms in total. The smallest absolute Gasteiger partial charge is 0.328 e. The van der Waals surface area contributed by atoms with Gasteiger partial charge in [-0.2, -0.15) is 0 Å². The highest BCUT2D eigenvalue weighted by Crippen LogP contribution is 2.10. The van der Waals surface area contributed by atoms with Gasteiger partial charge in [0.2, 0.25) is 5.95 Å². The molecule has 0 bridgehead atoms. The van der Waals surface area contributed by atoms with Gasteiger partial charge in [0.15, 0.2) is 0 Å². The Morgan fingerprint density at radius 3 is 2.44 bits per heavy atom. The number of aromatic nitrogens is 4. The SMILES string of the molecule is O=c1[nH]c2ccccc2c(=O)n1CCCN1CCN(c2ncccn2)CC1. The molecule has 0 amide bonds. The van der Waals surface area contributed by atoms with Gasteiger partial charge in [-0.3, -0.25) is 14.3 Å². The number of rotatable bonds is 5. The third kappa shape index (κ3) is 3.75. The summed E-state index contributed by atoms with van der Waals surface area (Å²) in [5.74, 6) is 0.770. The lowest BCUT2D eigenvalue weighted by Gasteiger charge is -2.34. The number of nitrogens with zero attached hydrogens (tertiary/aromatic N) is 5. The number of aromatic amines is 1. The summed E-state index contributed by atoms with van der Waals surface area (Å²) in [5, 5.41) is 0.550. The molecule has 0 radical (unpaired) electrons. The van der Waals surface area contributed by atoms with E-state index in [-0.39, 0.29) is 11.2 Å². The third-order valence-electron chi connectivity index (χ3n) is 4.95. The monoisotopic (exact) mass is 366 g/mol. The van der Waals surface area contributed by atoms with Crippen molar-refractivity contribution in [2.75, 3.05) is 37.6 Å². The molecule has 0 saturated carbocycles. The van der Waals surface area contributed by atoms with Gasteiger partial charge in [-0.1, -0.05) is 12.1 Å². The number of piperazine rings is 1. The number of H-pyrrole nitrogens is 1. The van der Waals surface area contributed by atoms with Gasteiger partial charge < -0.3 is 9.88 Å². The van der Waals surface area contributed by atoms with Crippen LogP contribution in [0.4, 0.5) is 5.95 Å². The van der Waals surface area contributed by atoms with Gasteiger partial charge in [-0.05, 0) is 31.2 Å². The number of fused-ring (bicyclic) bond motifs is 1. The van der Waals surface area contributed by atoms with E-state index in [1.807, 2.05) is 18.2 Å². The molecule has 8 heteroatoms. The highest BCUT2D eigenvalue weighted by Gasteiger charge is 2.18. The molecule has 4 rings (SSSR count). The maximum Gasteiger partial charge on any atom is 0.328 e. The normalized spacial score (nSPS) is 15.3. The fraction of sp³-hybridized carbons (Fsp3) is 0.368. The molecule has 1 aliphatic heterocycles. The Morgan fingerprint density at radius 2 is 1.67 bits per heavy atom. The number of hydrogen-bond acceptors (Lipinski definition) is 6. The van der Waals surface area contributed by atoms with Crippen molar-refractivity contribution in [3.63, 3.8) is 0 Å². The predicted molar refractivity (Wildman–Crippen MR) is 104 cm³/mol.